The van der Waals surface area contributed by atoms with E-state index in [1.807, 2.05) is 0 Å². The van der Waals surface area contributed by atoms with Crippen molar-refractivity contribution < 1.29 is 14.3 Å². The molecule has 3 heterocycles. The Morgan fingerprint density at radius 1 is 1.33 bits per heavy atom. The maximum absolute atomic E-state index is 12.4. The summed E-state index contributed by atoms with van der Waals surface area (Å²) in [4.78, 5) is 16.6. The summed E-state index contributed by atoms with van der Waals surface area (Å²) in [5, 5.41) is 11.2. The smallest absolute Gasteiger partial charge is 0.257 e. The van der Waals surface area contributed by atoms with Gasteiger partial charge in [0.05, 0.1) is 13.2 Å². The summed E-state index contributed by atoms with van der Waals surface area (Å²) in [6.45, 7) is 2.01. The number of nitrogens with one attached hydrogen (secondary N) is 1. The van der Waals surface area contributed by atoms with Gasteiger partial charge in [-0.1, -0.05) is 0 Å². The molecule has 0 fully saturated rings. The van der Waals surface area contributed by atoms with Crippen LogP contribution in [-0.2, 0) is 24.2 Å². The molecule has 8 heteroatoms. The van der Waals surface area contributed by atoms with Gasteiger partial charge in [-0.2, -0.15) is 0 Å². The lowest BCUT2D eigenvalue weighted by molar-refractivity contribution is 0.0940. The van der Waals surface area contributed by atoms with E-state index in [9.17, 15) is 4.79 Å². The lowest BCUT2D eigenvalue weighted by Gasteiger charge is -2.15. The summed E-state index contributed by atoms with van der Waals surface area (Å²) in [5.74, 6) is 1.83. The second-order valence-electron chi connectivity index (χ2n) is 5.52. The zero-order chi connectivity index (χ0) is 16.8. The molecular weight excluding hydrogens is 310 g/mol. The molecular formula is C16H21N5O3. The first kappa shape index (κ1) is 16.4. The molecule has 0 bridgehead atoms. The Hall–Kier alpha value is -2.48. The van der Waals surface area contributed by atoms with Crippen LogP contribution in [0.3, 0.4) is 0 Å². The second kappa shape index (κ2) is 7.87. The first-order valence-electron chi connectivity index (χ1n) is 8.05. The minimum absolute atomic E-state index is 0.247. The molecule has 0 unspecified atom stereocenters. The van der Waals surface area contributed by atoms with Gasteiger partial charge in [-0.3, -0.25) is 4.79 Å². The Morgan fingerprint density at radius 3 is 3.12 bits per heavy atom. The van der Waals surface area contributed by atoms with Gasteiger partial charge in [0.2, 0.25) is 5.88 Å². The number of amides is 1. The van der Waals surface area contributed by atoms with Gasteiger partial charge in [0, 0.05) is 26.3 Å². The molecule has 2 aromatic rings. The number of pyridine rings is 1. The van der Waals surface area contributed by atoms with Gasteiger partial charge in [-0.15, -0.1) is 10.2 Å². The maximum atomic E-state index is 12.4. The Labute approximate surface area is 140 Å². The minimum Gasteiger partial charge on any atom is -0.475 e. The first-order chi connectivity index (χ1) is 11.8. The van der Waals surface area contributed by atoms with E-state index in [4.69, 9.17) is 9.47 Å². The highest BCUT2D eigenvalue weighted by Gasteiger charge is 2.18. The van der Waals surface area contributed by atoms with Crippen LogP contribution in [0.25, 0.3) is 0 Å². The van der Waals surface area contributed by atoms with Crippen LogP contribution in [0.5, 0.6) is 5.88 Å². The normalized spacial score (nSPS) is 13.4. The van der Waals surface area contributed by atoms with Crippen molar-refractivity contribution in [1.82, 2.24) is 25.1 Å². The van der Waals surface area contributed by atoms with Gasteiger partial charge in [0.25, 0.3) is 5.91 Å². The Balaban J connectivity index is 1.64. The van der Waals surface area contributed by atoms with Crippen LogP contribution in [0.15, 0.2) is 18.3 Å². The van der Waals surface area contributed by atoms with Gasteiger partial charge in [0.15, 0.2) is 5.82 Å². The number of rotatable bonds is 7. The Bertz CT molecular complexity index is 701. The van der Waals surface area contributed by atoms with E-state index >= 15 is 0 Å². The van der Waals surface area contributed by atoms with E-state index < -0.39 is 0 Å². The standard InChI is InChI=1S/C16H21N5O3/c1-23-9-10-24-16-12(5-4-7-17-16)15(22)18-11-14-20-19-13-6-2-3-8-21(13)14/h4-5,7H,2-3,6,8-11H2,1H3,(H,18,22). The monoisotopic (exact) mass is 331 g/mol. The lowest BCUT2D eigenvalue weighted by atomic mass is 10.2. The molecule has 24 heavy (non-hydrogen) atoms. The van der Waals surface area contributed by atoms with E-state index in [2.05, 4.69) is 25.1 Å². The molecule has 3 rings (SSSR count). The molecule has 0 aliphatic carbocycles. The number of hydrogen-bond donors (Lipinski definition) is 1. The molecule has 0 spiro atoms. The predicted octanol–water partition coefficient (Wildman–Crippen LogP) is 0.965. The third-order valence-corrected chi connectivity index (χ3v) is 3.89. The third kappa shape index (κ3) is 3.70. The zero-order valence-corrected chi connectivity index (χ0v) is 13.7. The van der Waals surface area contributed by atoms with Crippen molar-refractivity contribution in [2.24, 2.45) is 0 Å². The molecule has 0 radical (unpaired) electrons. The van der Waals surface area contributed by atoms with Crippen LogP contribution in [0, 0.1) is 0 Å². The molecule has 1 aliphatic rings. The summed E-state index contributed by atoms with van der Waals surface area (Å²) < 4.78 is 12.5. The molecule has 0 saturated heterocycles. The zero-order valence-electron chi connectivity index (χ0n) is 13.7. The van der Waals surface area contributed by atoms with Crippen LogP contribution in [0.4, 0.5) is 0 Å². The number of hydrogen-bond acceptors (Lipinski definition) is 6. The topological polar surface area (TPSA) is 91.2 Å². The predicted molar refractivity (Wildman–Crippen MR) is 85.7 cm³/mol. The number of carbonyl (C=O) groups excluding carboxylic acids is 1. The van der Waals surface area contributed by atoms with Gasteiger partial charge in [-0.25, -0.2) is 4.98 Å². The van der Waals surface area contributed by atoms with Crippen LogP contribution in [-0.4, -0.2) is 46.0 Å². The number of methoxy groups -OCH3 is 1. The number of aromatic nitrogens is 4. The quantitative estimate of drug-likeness (QED) is 0.760. The average molecular weight is 331 g/mol. The maximum Gasteiger partial charge on any atom is 0.257 e. The fourth-order valence-electron chi connectivity index (χ4n) is 2.65. The summed E-state index contributed by atoms with van der Waals surface area (Å²) in [6.07, 6.45) is 4.79. The van der Waals surface area contributed by atoms with Crippen LogP contribution < -0.4 is 10.1 Å². The number of fused-ring (bicyclic) bond motifs is 1. The molecule has 1 amide bonds. The molecule has 0 atom stereocenters. The van der Waals surface area contributed by atoms with E-state index in [0.717, 1.165) is 37.5 Å². The molecule has 2 aromatic heterocycles. The van der Waals surface area contributed by atoms with Gasteiger partial charge in [-0.05, 0) is 25.0 Å². The van der Waals surface area contributed by atoms with Crippen molar-refractivity contribution in [2.45, 2.75) is 32.4 Å². The average Bonchev–Trinajstić information content (AvgIpc) is 3.03. The molecule has 0 aromatic carbocycles. The second-order valence-corrected chi connectivity index (χ2v) is 5.52. The highest BCUT2D eigenvalue weighted by molar-refractivity contribution is 5.96. The van der Waals surface area contributed by atoms with E-state index in [-0.39, 0.29) is 5.91 Å². The van der Waals surface area contributed by atoms with Crippen molar-refractivity contribution >= 4 is 5.91 Å². The van der Waals surface area contributed by atoms with Crippen LogP contribution >= 0.6 is 0 Å². The van der Waals surface area contributed by atoms with Crippen LogP contribution in [0.2, 0.25) is 0 Å². The number of ether oxygens (including phenoxy) is 2. The van der Waals surface area contributed by atoms with Gasteiger partial charge in [0.1, 0.15) is 18.0 Å². The highest BCUT2D eigenvalue weighted by Crippen LogP contribution is 2.16. The summed E-state index contributed by atoms with van der Waals surface area (Å²) in [6, 6.07) is 3.39. The van der Waals surface area contributed by atoms with E-state index in [0.29, 0.717) is 31.2 Å². The number of aryl methyl sites for hydroxylation is 1. The largest absolute Gasteiger partial charge is 0.475 e. The fraction of sp³-hybridized carbons (Fsp3) is 0.500. The van der Waals surface area contributed by atoms with Gasteiger partial charge >= 0.3 is 0 Å². The fourth-order valence-corrected chi connectivity index (χ4v) is 2.65. The van der Waals surface area contributed by atoms with E-state index in [1.54, 1.807) is 25.4 Å². The molecule has 1 aliphatic heterocycles. The molecule has 128 valence electrons. The molecule has 0 saturated carbocycles. The van der Waals surface area contributed by atoms with Crippen molar-refractivity contribution in [3.63, 3.8) is 0 Å². The van der Waals surface area contributed by atoms with Crippen LogP contribution in [0.1, 0.15) is 34.8 Å². The summed E-state index contributed by atoms with van der Waals surface area (Å²) in [5.41, 5.74) is 0.395. The van der Waals surface area contributed by atoms with Crippen molar-refractivity contribution in [2.75, 3.05) is 20.3 Å². The minimum atomic E-state index is -0.247. The van der Waals surface area contributed by atoms with Crippen molar-refractivity contribution in [3.05, 3.63) is 35.5 Å². The summed E-state index contributed by atoms with van der Waals surface area (Å²) >= 11 is 0. The highest BCUT2D eigenvalue weighted by atomic mass is 16.5. The number of carbonyl (C=O) groups is 1. The number of nitrogens with zero attached hydrogens (tertiary/aromatic N) is 4. The lowest BCUT2D eigenvalue weighted by Crippen LogP contribution is -2.26. The van der Waals surface area contributed by atoms with Crippen molar-refractivity contribution in [3.8, 4) is 5.88 Å². The molecule has 1 N–H and O–H groups in total. The summed E-state index contributed by atoms with van der Waals surface area (Å²) in [7, 11) is 1.59. The van der Waals surface area contributed by atoms with Gasteiger partial charge < -0.3 is 19.4 Å². The Kier molecular flexibility index (Phi) is 5.37. The SMILES string of the molecule is COCCOc1ncccc1C(=O)NCc1nnc2n1CCCC2. The Morgan fingerprint density at radius 2 is 2.25 bits per heavy atom. The first-order valence-corrected chi connectivity index (χ1v) is 8.05. The van der Waals surface area contributed by atoms with Crippen molar-refractivity contribution in [1.29, 1.82) is 0 Å². The third-order valence-electron chi connectivity index (χ3n) is 3.89. The molecule has 8 nitrogen and oxygen atoms in total. The van der Waals surface area contributed by atoms with E-state index in [1.165, 1.54) is 0 Å².